The number of hydrogen-bond donors (Lipinski definition) is 2. The van der Waals surface area contributed by atoms with Crippen molar-refractivity contribution in [2.45, 2.75) is 18.3 Å². The molecule has 0 bridgehead atoms. The number of rotatable bonds is 5. The van der Waals surface area contributed by atoms with Gasteiger partial charge in [0.2, 0.25) is 11.8 Å². The van der Waals surface area contributed by atoms with Crippen LogP contribution in [-0.2, 0) is 19.7 Å². The molecule has 2 amide bonds. The van der Waals surface area contributed by atoms with E-state index >= 15 is 0 Å². The van der Waals surface area contributed by atoms with E-state index in [-0.39, 0.29) is 18.4 Å². The minimum Gasteiger partial charge on any atom is -0.381 e. The summed E-state index contributed by atoms with van der Waals surface area (Å²) >= 11 is 3.43. The number of ether oxygens (including phenoxy) is 1. The van der Waals surface area contributed by atoms with Crippen LogP contribution in [0, 0.1) is 12.3 Å². The van der Waals surface area contributed by atoms with Gasteiger partial charge in [0.1, 0.15) is 0 Å². The summed E-state index contributed by atoms with van der Waals surface area (Å²) in [4.78, 5) is 25.4. The van der Waals surface area contributed by atoms with Crippen molar-refractivity contribution in [2.24, 2.45) is 0 Å². The maximum absolute atomic E-state index is 13.1. The molecule has 144 valence electrons. The van der Waals surface area contributed by atoms with Crippen molar-refractivity contribution >= 4 is 33.4 Å². The molecule has 28 heavy (non-hydrogen) atoms. The lowest BCUT2D eigenvalue weighted by molar-refractivity contribution is -0.132. The van der Waals surface area contributed by atoms with E-state index in [1.165, 1.54) is 0 Å². The summed E-state index contributed by atoms with van der Waals surface area (Å²) in [5, 5.41) is 5.55. The zero-order valence-corrected chi connectivity index (χ0v) is 16.9. The first-order chi connectivity index (χ1) is 13.5. The third kappa shape index (κ3) is 4.61. The molecular formula is C22H21BrN2O3. The quantitative estimate of drug-likeness (QED) is 0.701. The van der Waals surface area contributed by atoms with Gasteiger partial charge in [-0.15, -0.1) is 6.42 Å². The molecule has 0 saturated carbocycles. The number of terminal acetylenes is 1. The van der Waals surface area contributed by atoms with Crippen LogP contribution in [-0.4, -0.2) is 31.6 Å². The van der Waals surface area contributed by atoms with E-state index in [0.29, 0.717) is 37.3 Å². The number of carbonyl (C=O) groups is 2. The third-order valence-corrected chi connectivity index (χ3v) is 5.43. The zero-order valence-electron chi connectivity index (χ0n) is 15.3. The summed E-state index contributed by atoms with van der Waals surface area (Å²) in [6.45, 7) is 0.904. The molecule has 1 heterocycles. The Morgan fingerprint density at radius 2 is 1.86 bits per heavy atom. The molecule has 2 aromatic carbocycles. The van der Waals surface area contributed by atoms with Gasteiger partial charge in [-0.1, -0.05) is 40.0 Å². The second-order valence-corrected chi connectivity index (χ2v) is 7.57. The number of hydrogen-bond acceptors (Lipinski definition) is 3. The second-order valence-electron chi connectivity index (χ2n) is 6.66. The van der Waals surface area contributed by atoms with Crippen molar-refractivity contribution in [3.8, 4) is 12.3 Å². The molecular weight excluding hydrogens is 420 g/mol. The average Bonchev–Trinajstić information content (AvgIpc) is 2.73. The fraction of sp³-hybridized carbons (Fsp3) is 0.273. The predicted octanol–water partition coefficient (Wildman–Crippen LogP) is 3.23. The number of anilines is 1. The van der Waals surface area contributed by atoms with Crippen molar-refractivity contribution < 1.29 is 14.3 Å². The molecule has 0 aromatic heterocycles. The van der Waals surface area contributed by atoms with Crippen LogP contribution < -0.4 is 10.6 Å². The highest BCUT2D eigenvalue weighted by atomic mass is 79.9. The number of carbonyl (C=O) groups excluding carboxylic acids is 2. The Morgan fingerprint density at radius 3 is 2.54 bits per heavy atom. The fourth-order valence-corrected chi connectivity index (χ4v) is 3.62. The average molecular weight is 441 g/mol. The minimum atomic E-state index is -0.692. The van der Waals surface area contributed by atoms with Crippen molar-refractivity contribution in [1.29, 1.82) is 0 Å². The first-order valence-electron chi connectivity index (χ1n) is 9.02. The Balaban J connectivity index is 1.67. The standard InChI is InChI=1S/C22H21BrN2O3/c1-2-16-4-3-5-19(14-16)25-20(26)15-24-21(27)22(10-12-28-13-11-22)17-6-8-18(23)9-7-17/h1,3-9,14H,10-13,15H2,(H,24,27)(H,25,26). The van der Waals surface area contributed by atoms with E-state index in [1.807, 2.05) is 24.3 Å². The predicted molar refractivity (Wildman–Crippen MR) is 112 cm³/mol. The summed E-state index contributed by atoms with van der Waals surface area (Å²) in [5.74, 6) is 2.06. The van der Waals surface area contributed by atoms with E-state index < -0.39 is 5.41 Å². The Hall–Kier alpha value is -2.62. The molecule has 0 atom stereocenters. The lowest BCUT2D eigenvalue weighted by atomic mass is 9.73. The summed E-state index contributed by atoms with van der Waals surface area (Å²) in [7, 11) is 0. The molecule has 3 rings (SSSR count). The van der Waals surface area contributed by atoms with Crippen LogP contribution >= 0.6 is 15.9 Å². The monoisotopic (exact) mass is 440 g/mol. The molecule has 1 aliphatic rings. The Morgan fingerprint density at radius 1 is 1.14 bits per heavy atom. The third-order valence-electron chi connectivity index (χ3n) is 4.90. The highest BCUT2D eigenvalue weighted by molar-refractivity contribution is 9.10. The minimum absolute atomic E-state index is 0.113. The van der Waals surface area contributed by atoms with Gasteiger partial charge in [0.25, 0.3) is 0 Å². The number of amides is 2. The number of halogens is 1. The Kier molecular flexibility index (Phi) is 6.50. The molecule has 0 unspecified atom stereocenters. The van der Waals surface area contributed by atoms with Gasteiger partial charge in [-0.05, 0) is 48.7 Å². The fourth-order valence-electron chi connectivity index (χ4n) is 3.36. The van der Waals surface area contributed by atoms with E-state index in [2.05, 4.69) is 32.5 Å². The maximum Gasteiger partial charge on any atom is 0.243 e. The van der Waals surface area contributed by atoms with Gasteiger partial charge in [-0.3, -0.25) is 9.59 Å². The molecule has 5 nitrogen and oxygen atoms in total. The topological polar surface area (TPSA) is 67.4 Å². The maximum atomic E-state index is 13.1. The summed E-state index contributed by atoms with van der Waals surface area (Å²) in [6.07, 6.45) is 6.53. The van der Waals surface area contributed by atoms with E-state index in [0.717, 1.165) is 10.0 Å². The van der Waals surface area contributed by atoms with Gasteiger partial charge < -0.3 is 15.4 Å². The van der Waals surface area contributed by atoms with Gasteiger partial charge in [0.05, 0.1) is 12.0 Å². The zero-order chi connectivity index (χ0) is 20.0. The molecule has 2 aromatic rings. The van der Waals surface area contributed by atoms with Gasteiger partial charge in [0, 0.05) is 28.9 Å². The lowest BCUT2D eigenvalue weighted by Gasteiger charge is -2.36. The molecule has 1 fully saturated rings. The SMILES string of the molecule is C#Cc1cccc(NC(=O)CNC(=O)C2(c3ccc(Br)cc3)CCOCC2)c1. The van der Waals surface area contributed by atoms with Gasteiger partial charge >= 0.3 is 0 Å². The van der Waals surface area contributed by atoms with Crippen LogP contribution in [0.25, 0.3) is 0 Å². The number of benzene rings is 2. The molecule has 2 N–H and O–H groups in total. The van der Waals surface area contributed by atoms with Crippen LogP contribution in [0.5, 0.6) is 0 Å². The lowest BCUT2D eigenvalue weighted by Crippen LogP contribution is -2.49. The van der Waals surface area contributed by atoms with Crippen LogP contribution in [0.15, 0.2) is 53.0 Å². The Labute approximate surface area is 173 Å². The molecule has 6 heteroatoms. The summed E-state index contributed by atoms with van der Waals surface area (Å²) in [5.41, 5.74) is 1.52. The van der Waals surface area contributed by atoms with Crippen LogP contribution in [0.1, 0.15) is 24.0 Å². The highest BCUT2D eigenvalue weighted by Gasteiger charge is 2.41. The van der Waals surface area contributed by atoms with E-state index in [1.54, 1.807) is 24.3 Å². The van der Waals surface area contributed by atoms with Gasteiger partial charge in [-0.2, -0.15) is 0 Å². The smallest absolute Gasteiger partial charge is 0.243 e. The molecule has 0 spiro atoms. The first-order valence-corrected chi connectivity index (χ1v) is 9.81. The van der Waals surface area contributed by atoms with Crippen LogP contribution in [0.2, 0.25) is 0 Å². The summed E-state index contributed by atoms with van der Waals surface area (Å²) in [6, 6.07) is 14.7. The van der Waals surface area contributed by atoms with Crippen LogP contribution in [0.3, 0.4) is 0 Å². The van der Waals surface area contributed by atoms with E-state index in [4.69, 9.17) is 11.2 Å². The summed E-state index contributed by atoms with van der Waals surface area (Å²) < 4.78 is 6.41. The van der Waals surface area contributed by atoms with E-state index in [9.17, 15) is 9.59 Å². The molecule has 1 saturated heterocycles. The van der Waals surface area contributed by atoms with Crippen molar-refractivity contribution in [1.82, 2.24) is 5.32 Å². The highest BCUT2D eigenvalue weighted by Crippen LogP contribution is 2.35. The van der Waals surface area contributed by atoms with Gasteiger partial charge in [-0.25, -0.2) is 0 Å². The molecule has 0 aliphatic carbocycles. The Bertz CT molecular complexity index is 897. The van der Waals surface area contributed by atoms with Crippen LogP contribution in [0.4, 0.5) is 5.69 Å². The normalized spacial score (nSPS) is 15.3. The molecule has 1 aliphatic heterocycles. The second kappa shape index (κ2) is 9.05. The van der Waals surface area contributed by atoms with Gasteiger partial charge in [0.15, 0.2) is 0 Å². The van der Waals surface area contributed by atoms with Crippen molar-refractivity contribution in [2.75, 3.05) is 25.1 Å². The first kappa shape index (κ1) is 20.1. The van der Waals surface area contributed by atoms with Crippen molar-refractivity contribution in [3.05, 3.63) is 64.1 Å². The molecule has 0 radical (unpaired) electrons. The van der Waals surface area contributed by atoms with Crippen molar-refractivity contribution in [3.63, 3.8) is 0 Å². The largest absolute Gasteiger partial charge is 0.381 e. The number of nitrogens with one attached hydrogen (secondary N) is 2.